The van der Waals surface area contributed by atoms with E-state index in [-0.39, 0.29) is 17.5 Å². The number of carbonyl (C=O) groups excluding carboxylic acids is 1. The Bertz CT molecular complexity index is 644. The van der Waals surface area contributed by atoms with Crippen LogP contribution in [0.4, 0.5) is 4.39 Å². The van der Waals surface area contributed by atoms with Crippen molar-refractivity contribution in [1.29, 1.82) is 0 Å². The lowest BCUT2D eigenvalue weighted by atomic mass is 9.91. The number of hydrogen-bond donors (Lipinski definition) is 1. The minimum atomic E-state index is -0.471. The summed E-state index contributed by atoms with van der Waals surface area (Å²) in [5.74, 6) is -0.399. The molecule has 3 rings (SSSR count). The number of benzene rings is 1. The van der Waals surface area contributed by atoms with E-state index in [0.717, 1.165) is 12.8 Å². The predicted molar refractivity (Wildman–Crippen MR) is 86.4 cm³/mol. The highest BCUT2D eigenvalue weighted by molar-refractivity contribution is 7.09. The van der Waals surface area contributed by atoms with Crippen molar-refractivity contribution in [3.63, 3.8) is 0 Å². The number of rotatable bonds is 3. The van der Waals surface area contributed by atoms with Gasteiger partial charge in [-0.15, -0.1) is 11.3 Å². The molecule has 2 unspecified atom stereocenters. The fourth-order valence-electron chi connectivity index (χ4n) is 3.08. The molecule has 2 aromatic rings. The fourth-order valence-corrected chi connectivity index (χ4v) is 3.90. The molecule has 0 bridgehead atoms. The van der Waals surface area contributed by atoms with E-state index in [4.69, 9.17) is 5.73 Å². The van der Waals surface area contributed by atoms with Gasteiger partial charge in [0.1, 0.15) is 5.82 Å². The molecule has 1 aliphatic rings. The third-order valence-electron chi connectivity index (χ3n) is 4.03. The van der Waals surface area contributed by atoms with Crippen LogP contribution < -0.4 is 5.73 Å². The van der Waals surface area contributed by atoms with Crippen LogP contribution in [0.1, 0.15) is 21.7 Å². The highest BCUT2D eigenvalue weighted by Gasteiger charge is 2.29. The van der Waals surface area contributed by atoms with Gasteiger partial charge < -0.3 is 10.6 Å². The van der Waals surface area contributed by atoms with Gasteiger partial charge in [-0.3, -0.25) is 4.79 Å². The van der Waals surface area contributed by atoms with E-state index in [0.29, 0.717) is 19.0 Å². The highest BCUT2D eigenvalue weighted by Crippen LogP contribution is 2.24. The zero-order valence-corrected chi connectivity index (χ0v) is 13.1. The van der Waals surface area contributed by atoms with Gasteiger partial charge in [-0.2, -0.15) is 0 Å². The summed E-state index contributed by atoms with van der Waals surface area (Å²) in [4.78, 5) is 15.5. The summed E-state index contributed by atoms with van der Waals surface area (Å²) in [7, 11) is 0. The molecular formula is C17H19FN2OS. The summed E-state index contributed by atoms with van der Waals surface area (Å²) < 4.78 is 13.8. The Balaban J connectivity index is 1.73. The summed E-state index contributed by atoms with van der Waals surface area (Å²) in [5, 5.41) is 2.06. The maximum atomic E-state index is 13.8. The number of thiophene rings is 1. The fraction of sp³-hybridized carbons (Fsp3) is 0.353. The molecule has 1 saturated heterocycles. The molecule has 1 aliphatic heterocycles. The van der Waals surface area contributed by atoms with Gasteiger partial charge in [0.05, 0.1) is 5.56 Å². The molecule has 0 saturated carbocycles. The van der Waals surface area contributed by atoms with Gasteiger partial charge in [-0.1, -0.05) is 18.2 Å². The molecule has 0 spiro atoms. The van der Waals surface area contributed by atoms with Crippen molar-refractivity contribution in [2.45, 2.75) is 18.9 Å². The van der Waals surface area contributed by atoms with E-state index in [1.54, 1.807) is 28.4 Å². The van der Waals surface area contributed by atoms with Crippen LogP contribution in [-0.2, 0) is 6.42 Å². The van der Waals surface area contributed by atoms with E-state index < -0.39 is 5.82 Å². The summed E-state index contributed by atoms with van der Waals surface area (Å²) >= 11 is 1.72. The number of nitrogens with two attached hydrogens (primary N) is 1. The molecule has 116 valence electrons. The van der Waals surface area contributed by atoms with Gasteiger partial charge in [-0.25, -0.2) is 4.39 Å². The van der Waals surface area contributed by atoms with Gasteiger partial charge >= 0.3 is 0 Å². The van der Waals surface area contributed by atoms with Crippen LogP contribution in [0.5, 0.6) is 0 Å². The van der Waals surface area contributed by atoms with Crippen LogP contribution in [0.15, 0.2) is 41.8 Å². The lowest BCUT2D eigenvalue weighted by Crippen LogP contribution is -2.50. The molecule has 1 aromatic carbocycles. The lowest BCUT2D eigenvalue weighted by molar-refractivity contribution is 0.0645. The van der Waals surface area contributed by atoms with Crippen molar-refractivity contribution in [1.82, 2.24) is 4.90 Å². The van der Waals surface area contributed by atoms with Crippen LogP contribution >= 0.6 is 11.3 Å². The number of nitrogens with zero attached hydrogens (tertiary/aromatic N) is 1. The molecule has 2 atom stereocenters. The van der Waals surface area contributed by atoms with Crippen LogP contribution in [0.2, 0.25) is 0 Å². The van der Waals surface area contributed by atoms with Crippen LogP contribution in [0.25, 0.3) is 0 Å². The number of hydrogen-bond acceptors (Lipinski definition) is 3. The Morgan fingerprint density at radius 1 is 1.27 bits per heavy atom. The SMILES string of the molecule is NC1CC(Cc2cccs2)CN(C(=O)c2ccccc2F)C1. The first-order valence-corrected chi connectivity index (χ1v) is 8.33. The Morgan fingerprint density at radius 2 is 2.09 bits per heavy atom. The van der Waals surface area contributed by atoms with Gasteiger partial charge in [0.2, 0.25) is 0 Å². The summed E-state index contributed by atoms with van der Waals surface area (Å²) in [6, 6.07) is 10.2. The summed E-state index contributed by atoms with van der Waals surface area (Å²) in [6.45, 7) is 1.13. The minimum absolute atomic E-state index is 0.0468. The number of likely N-dealkylation sites (tertiary alicyclic amines) is 1. The van der Waals surface area contributed by atoms with Crippen molar-refractivity contribution in [3.8, 4) is 0 Å². The first-order chi connectivity index (χ1) is 10.6. The minimum Gasteiger partial charge on any atom is -0.337 e. The standard InChI is InChI=1S/C17H19FN2OS/c18-16-6-2-1-5-15(16)17(21)20-10-12(8-13(19)11-20)9-14-4-3-7-22-14/h1-7,12-13H,8-11,19H2. The predicted octanol–water partition coefficient (Wildman–Crippen LogP) is 2.92. The van der Waals surface area contributed by atoms with E-state index in [1.807, 2.05) is 6.07 Å². The number of halogens is 1. The van der Waals surface area contributed by atoms with Crippen molar-refractivity contribution >= 4 is 17.2 Å². The van der Waals surface area contributed by atoms with E-state index in [9.17, 15) is 9.18 Å². The van der Waals surface area contributed by atoms with Crippen molar-refractivity contribution in [2.24, 2.45) is 11.7 Å². The third kappa shape index (κ3) is 3.36. The molecule has 1 fully saturated rings. The smallest absolute Gasteiger partial charge is 0.256 e. The molecule has 1 aromatic heterocycles. The van der Waals surface area contributed by atoms with Gasteiger partial charge in [0.25, 0.3) is 5.91 Å². The maximum absolute atomic E-state index is 13.8. The second kappa shape index (κ2) is 6.58. The Labute approximate surface area is 133 Å². The first kappa shape index (κ1) is 15.2. The Morgan fingerprint density at radius 3 is 2.82 bits per heavy atom. The van der Waals surface area contributed by atoms with Crippen LogP contribution in [0, 0.1) is 11.7 Å². The van der Waals surface area contributed by atoms with Crippen molar-refractivity contribution in [3.05, 3.63) is 58.0 Å². The first-order valence-electron chi connectivity index (χ1n) is 7.45. The maximum Gasteiger partial charge on any atom is 0.256 e. The highest BCUT2D eigenvalue weighted by atomic mass is 32.1. The monoisotopic (exact) mass is 318 g/mol. The van der Waals surface area contributed by atoms with Crippen LogP contribution in [0.3, 0.4) is 0 Å². The topological polar surface area (TPSA) is 46.3 Å². The second-order valence-electron chi connectivity index (χ2n) is 5.84. The zero-order chi connectivity index (χ0) is 15.5. The average Bonchev–Trinajstić information content (AvgIpc) is 2.99. The van der Waals surface area contributed by atoms with Crippen molar-refractivity contribution in [2.75, 3.05) is 13.1 Å². The molecule has 2 heterocycles. The molecule has 0 aliphatic carbocycles. The molecular weight excluding hydrogens is 299 g/mol. The van der Waals surface area contributed by atoms with Gasteiger partial charge in [-0.05, 0) is 42.3 Å². The number of carbonyl (C=O) groups is 1. The van der Waals surface area contributed by atoms with Gasteiger partial charge in [0, 0.05) is 24.0 Å². The summed E-state index contributed by atoms with van der Waals surface area (Å²) in [5.41, 5.74) is 6.25. The molecule has 5 heteroatoms. The molecule has 0 radical (unpaired) electrons. The van der Waals surface area contributed by atoms with Crippen LogP contribution in [-0.4, -0.2) is 29.9 Å². The van der Waals surface area contributed by atoms with E-state index in [2.05, 4.69) is 11.4 Å². The van der Waals surface area contributed by atoms with Crippen molar-refractivity contribution < 1.29 is 9.18 Å². The second-order valence-corrected chi connectivity index (χ2v) is 6.87. The third-order valence-corrected chi connectivity index (χ3v) is 4.93. The van der Waals surface area contributed by atoms with E-state index in [1.165, 1.54) is 17.0 Å². The average molecular weight is 318 g/mol. The van der Waals surface area contributed by atoms with Gasteiger partial charge in [0.15, 0.2) is 0 Å². The van der Waals surface area contributed by atoms with E-state index >= 15 is 0 Å². The molecule has 2 N–H and O–H groups in total. The molecule has 3 nitrogen and oxygen atoms in total. The molecule has 1 amide bonds. The lowest BCUT2D eigenvalue weighted by Gasteiger charge is -2.36. The number of piperidine rings is 1. The summed E-state index contributed by atoms with van der Waals surface area (Å²) in [6.07, 6.45) is 1.82. The molecule has 22 heavy (non-hydrogen) atoms. The largest absolute Gasteiger partial charge is 0.337 e. The number of amides is 1. The quantitative estimate of drug-likeness (QED) is 0.946. The Hall–Kier alpha value is -1.72. The normalized spacial score (nSPS) is 21.8. The Kier molecular flexibility index (Phi) is 4.55. The zero-order valence-electron chi connectivity index (χ0n) is 12.2.